The summed E-state index contributed by atoms with van der Waals surface area (Å²) in [5.74, 6) is -0.363. The van der Waals surface area contributed by atoms with E-state index in [1.165, 1.54) is 13.5 Å². The predicted octanol–water partition coefficient (Wildman–Crippen LogP) is 0.197. The molecular formula is C6H10NO4. The number of primary amides is 1. The van der Waals surface area contributed by atoms with Crippen molar-refractivity contribution in [3.05, 3.63) is 6.61 Å². The summed E-state index contributed by atoms with van der Waals surface area (Å²) in [5.41, 5.74) is 4.63. The number of amides is 1. The summed E-state index contributed by atoms with van der Waals surface area (Å²) in [7, 11) is 0. The van der Waals surface area contributed by atoms with Crippen molar-refractivity contribution in [1.29, 1.82) is 0 Å². The maximum Gasteiger partial charge on any atom is 0.404 e. The minimum Gasteiger partial charge on any atom is -0.466 e. The van der Waals surface area contributed by atoms with Crippen molar-refractivity contribution in [3.8, 4) is 0 Å². The molecule has 1 amide bonds. The molecule has 0 aromatic rings. The van der Waals surface area contributed by atoms with E-state index in [4.69, 9.17) is 0 Å². The van der Waals surface area contributed by atoms with Crippen molar-refractivity contribution in [3.63, 3.8) is 0 Å². The molecule has 1 radical (unpaired) electrons. The van der Waals surface area contributed by atoms with Crippen LogP contribution in [0.4, 0.5) is 4.79 Å². The van der Waals surface area contributed by atoms with E-state index in [0.29, 0.717) is 6.42 Å². The van der Waals surface area contributed by atoms with Crippen LogP contribution in [0.1, 0.15) is 13.3 Å². The van der Waals surface area contributed by atoms with Crippen molar-refractivity contribution in [2.24, 2.45) is 5.73 Å². The Labute approximate surface area is 64.5 Å². The molecule has 0 heterocycles. The average Bonchev–Trinajstić information content (AvgIpc) is 1.85. The molecular weight excluding hydrogens is 150 g/mol. The van der Waals surface area contributed by atoms with Gasteiger partial charge in [-0.15, -0.1) is 0 Å². The van der Waals surface area contributed by atoms with Crippen LogP contribution in [0, 0.1) is 6.61 Å². The van der Waals surface area contributed by atoms with Gasteiger partial charge in [0, 0.05) is 13.3 Å². The number of rotatable bonds is 4. The second-order valence-corrected chi connectivity index (χ2v) is 1.73. The number of ether oxygens (including phenoxy) is 2. The van der Waals surface area contributed by atoms with Gasteiger partial charge in [0.2, 0.25) is 0 Å². The standard InChI is InChI=1S/C6H10NO4/c1-5(8)10-3-2-4-11-6(7)9/h4H,2-3H2,1H3,(H2,7,9). The highest BCUT2D eigenvalue weighted by molar-refractivity contribution is 5.66. The first kappa shape index (κ1) is 9.74. The zero-order valence-electron chi connectivity index (χ0n) is 6.20. The third kappa shape index (κ3) is 8.74. The Morgan fingerprint density at radius 3 is 2.64 bits per heavy atom. The van der Waals surface area contributed by atoms with E-state index in [1.54, 1.807) is 0 Å². The van der Waals surface area contributed by atoms with E-state index in [-0.39, 0.29) is 12.6 Å². The largest absolute Gasteiger partial charge is 0.466 e. The zero-order chi connectivity index (χ0) is 8.69. The number of hydrogen-bond donors (Lipinski definition) is 1. The molecule has 0 rings (SSSR count). The van der Waals surface area contributed by atoms with Gasteiger partial charge in [0.1, 0.15) is 6.61 Å². The zero-order valence-corrected chi connectivity index (χ0v) is 6.20. The summed E-state index contributed by atoms with van der Waals surface area (Å²) < 4.78 is 8.77. The molecule has 0 spiro atoms. The molecule has 0 bridgehead atoms. The quantitative estimate of drug-likeness (QED) is 0.470. The lowest BCUT2D eigenvalue weighted by molar-refractivity contribution is -0.140. The molecule has 0 atom stereocenters. The number of carbonyl (C=O) groups excluding carboxylic acids is 2. The van der Waals surface area contributed by atoms with Gasteiger partial charge in [0.15, 0.2) is 0 Å². The predicted molar refractivity (Wildman–Crippen MR) is 36.2 cm³/mol. The molecule has 0 aliphatic carbocycles. The van der Waals surface area contributed by atoms with Crippen molar-refractivity contribution in [1.82, 2.24) is 0 Å². The molecule has 5 heteroatoms. The van der Waals surface area contributed by atoms with E-state index in [2.05, 4.69) is 15.2 Å². The number of hydrogen-bond acceptors (Lipinski definition) is 4. The first-order valence-electron chi connectivity index (χ1n) is 3.04. The average molecular weight is 160 g/mol. The first-order valence-corrected chi connectivity index (χ1v) is 3.04. The van der Waals surface area contributed by atoms with Gasteiger partial charge in [-0.3, -0.25) is 4.79 Å². The van der Waals surface area contributed by atoms with Crippen LogP contribution in [0.15, 0.2) is 0 Å². The third-order valence-electron chi connectivity index (χ3n) is 0.741. The molecule has 0 aliphatic rings. The topological polar surface area (TPSA) is 78.6 Å². The highest BCUT2D eigenvalue weighted by Gasteiger charge is 1.95. The molecule has 2 N–H and O–H groups in total. The lowest BCUT2D eigenvalue weighted by Crippen LogP contribution is -2.12. The molecule has 0 saturated carbocycles. The van der Waals surface area contributed by atoms with Gasteiger partial charge in [0.25, 0.3) is 0 Å². The van der Waals surface area contributed by atoms with Gasteiger partial charge in [0.05, 0.1) is 6.61 Å². The van der Waals surface area contributed by atoms with Crippen LogP contribution >= 0.6 is 0 Å². The van der Waals surface area contributed by atoms with Gasteiger partial charge in [-0.1, -0.05) is 0 Å². The van der Waals surface area contributed by atoms with Crippen LogP contribution in [-0.4, -0.2) is 18.7 Å². The second-order valence-electron chi connectivity index (χ2n) is 1.73. The van der Waals surface area contributed by atoms with Crippen molar-refractivity contribution >= 4 is 12.1 Å². The van der Waals surface area contributed by atoms with Crippen LogP contribution < -0.4 is 5.73 Å². The number of nitrogens with two attached hydrogens (primary N) is 1. The normalized spacial score (nSPS) is 8.82. The molecule has 0 aromatic heterocycles. The van der Waals surface area contributed by atoms with Crippen molar-refractivity contribution < 1.29 is 19.1 Å². The molecule has 0 fully saturated rings. The fraction of sp³-hybridized carbons (Fsp3) is 0.500. The molecule has 5 nitrogen and oxygen atoms in total. The van der Waals surface area contributed by atoms with Gasteiger partial charge >= 0.3 is 12.1 Å². The lowest BCUT2D eigenvalue weighted by atomic mass is 10.5. The van der Waals surface area contributed by atoms with E-state index < -0.39 is 6.09 Å². The van der Waals surface area contributed by atoms with Crippen LogP contribution in [-0.2, 0) is 14.3 Å². The molecule has 0 aromatic carbocycles. The molecule has 0 saturated heterocycles. The van der Waals surface area contributed by atoms with Crippen molar-refractivity contribution in [2.45, 2.75) is 13.3 Å². The Morgan fingerprint density at radius 2 is 2.18 bits per heavy atom. The Morgan fingerprint density at radius 1 is 1.55 bits per heavy atom. The van der Waals surface area contributed by atoms with Gasteiger partial charge < -0.3 is 15.2 Å². The van der Waals surface area contributed by atoms with E-state index in [0.717, 1.165) is 0 Å². The highest BCUT2D eigenvalue weighted by Crippen LogP contribution is 1.90. The lowest BCUT2D eigenvalue weighted by Gasteiger charge is -2.00. The Bertz CT molecular complexity index is 130. The molecule has 63 valence electrons. The van der Waals surface area contributed by atoms with E-state index in [9.17, 15) is 9.59 Å². The maximum absolute atomic E-state index is 10.2. The summed E-state index contributed by atoms with van der Waals surface area (Å²) >= 11 is 0. The Hall–Kier alpha value is -1.26. The summed E-state index contributed by atoms with van der Waals surface area (Å²) in [6.07, 6.45) is -0.518. The summed E-state index contributed by atoms with van der Waals surface area (Å²) in [4.78, 5) is 20.1. The van der Waals surface area contributed by atoms with Crippen LogP contribution in [0.25, 0.3) is 0 Å². The molecule has 11 heavy (non-hydrogen) atoms. The van der Waals surface area contributed by atoms with Crippen molar-refractivity contribution in [2.75, 3.05) is 6.61 Å². The molecule has 0 unspecified atom stereocenters. The van der Waals surface area contributed by atoms with Gasteiger partial charge in [-0.05, 0) is 0 Å². The Kier molecular flexibility index (Phi) is 4.89. The SMILES string of the molecule is CC(=O)OCC[CH]OC(N)=O. The maximum atomic E-state index is 10.2. The fourth-order valence-electron chi connectivity index (χ4n) is 0.392. The van der Waals surface area contributed by atoms with Crippen LogP contribution in [0.5, 0.6) is 0 Å². The van der Waals surface area contributed by atoms with Crippen LogP contribution in [0.2, 0.25) is 0 Å². The van der Waals surface area contributed by atoms with E-state index >= 15 is 0 Å². The second kappa shape index (κ2) is 5.52. The third-order valence-corrected chi connectivity index (χ3v) is 0.741. The number of carbonyl (C=O) groups is 2. The van der Waals surface area contributed by atoms with E-state index in [1.807, 2.05) is 0 Å². The summed E-state index contributed by atoms with van der Waals surface area (Å²) in [5, 5.41) is 0. The highest BCUT2D eigenvalue weighted by atomic mass is 16.6. The van der Waals surface area contributed by atoms with Gasteiger partial charge in [-0.2, -0.15) is 0 Å². The smallest absolute Gasteiger partial charge is 0.404 e. The number of esters is 1. The van der Waals surface area contributed by atoms with Gasteiger partial charge in [-0.25, -0.2) is 4.79 Å². The molecule has 0 aliphatic heterocycles. The minimum absolute atomic E-state index is 0.197. The van der Waals surface area contributed by atoms with Crippen LogP contribution in [0.3, 0.4) is 0 Å². The monoisotopic (exact) mass is 160 g/mol. The minimum atomic E-state index is -0.868. The summed E-state index contributed by atoms with van der Waals surface area (Å²) in [6.45, 7) is 2.68. The fourth-order valence-corrected chi connectivity index (χ4v) is 0.392. The Balaban J connectivity index is 3.03. The summed E-state index contributed by atoms with van der Waals surface area (Å²) in [6, 6.07) is 0. The first-order chi connectivity index (χ1) is 5.13.